The van der Waals surface area contributed by atoms with E-state index in [1.807, 2.05) is 0 Å². The fourth-order valence-corrected chi connectivity index (χ4v) is 3.10. The first-order valence-electron chi connectivity index (χ1n) is 6.04. The lowest BCUT2D eigenvalue weighted by molar-refractivity contribution is 0.568. The molecule has 7 heteroatoms. The van der Waals surface area contributed by atoms with Crippen LogP contribution in [0, 0.1) is 5.82 Å². The van der Waals surface area contributed by atoms with E-state index in [4.69, 9.17) is 0 Å². The third-order valence-electron chi connectivity index (χ3n) is 2.94. The highest BCUT2D eigenvalue weighted by Gasteiger charge is 2.25. The molecule has 0 saturated heterocycles. The maximum atomic E-state index is 13.6. The minimum absolute atomic E-state index is 0.118. The molecule has 0 saturated carbocycles. The second-order valence-electron chi connectivity index (χ2n) is 5.57. The summed E-state index contributed by atoms with van der Waals surface area (Å²) < 4.78 is 18.0. The van der Waals surface area contributed by atoms with E-state index in [1.165, 1.54) is 17.6 Å². The highest BCUT2D eigenvalue weighted by atomic mass is 79.9. The summed E-state index contributed by atoms with van der Waals surface area (Å²) in [5.41, 5.74) is 2.14. The summed E-state index contributed by atoms with van der Waals surface area (Å²) in [5.74, 6) is 0.364. The third kappa shape index (κ3) is 2.25. The SMILES string of the molecule is CC(C)(C)c1nnsc1-c1nc2cc(Br)c(F)cc2[nH]1. The van der Waals surface area contributed by atoms with Gasteiger partial charge in [-0.2, -0.15) is 0 Å². The van der Waals surface area contributed by atoms with Gasteiger partial charge < -0.3 is 4.98 Å². The van der Waals surface area contributed by atoms with Crippen LogP contribution >= 0.6 is 27.5 Å². The van der Waals surface area contributed by atoms with Gasteiger partial charge >= 0.3 is 0 Å². The summed E-state index contributed by atoms with van der Waals surface area (Å²) in [6, 6.07) is 3.09. The number of H-pyrrole nitrogens is 1. The summed E-state index contributed by atoms with van der Waals surface area (Å²) in [6.07, 6.45) is 0. The van der Waals surface area contributed by atoms with Gasteiger partial charge in [0, 0.05) is 11.5 Å². The van der Waals surface area contributed by atoms with E-state index in [9.17, 15) is 4.39 Å². The van der Waals surface area contributed by atoms with Gasteiger partial charge in [0.2, 0.25) is 0 Å². The van der Waals surface area contributed by atoms with Gasteiger partial charge in [0.1, 0.15) is 10.7 Å². The molecule has 0 fully saturated rings. The number of hydrogen-bond acceptors (Lipinski definition) is 4. The fourth-order valence-electron chi connectivity index (χ4n) is 1.95. The van der Waals surface area contributed by atoms with Crippen molar-refractivity contribution in [2.75, 3.05) is 0 Å². The van der Waals surface area contributed by atoms with Crippen molar-refractivity contribution in [1.82, 2.24) is 19.6 Å². The van der Waals surface area contributed by atoms with Gasteiger partial charge in [-0.1, -0.05) is 25.3 Å². The lowest BCUT2D eigenvalue weighted by Gasteiger charge is -2.15. The molecule has 0 radical (unpaired) electrons. The number of halogens is 2. The monoisotopic (exact) mass is 354 g/mol. The summed E-state index contributed by atoms with van der Waals surface area (Å²) in [4.78, 5) is 8.54. The summed E-state index contributed by atoms with van der Waals surface area (Å²) in [5, 5.41) is 4.19. The van der Waals surface area contributed by atoms with Crippen LogP contribution in [0.15, 0.2) is 16.6 Å². The van der Waals surface area contributed by atoms with Gasteiger partial charge in [0.25, 0.3) is 0 Å². The van der Waals surface area contributed by atoms with Crippen LogP contribution in [0.4, 0.5) is 4.39 Å². The van der Waals surface area contributed by atoms with E-state index in [-0.39, 0.29) is 11.2 Å². The molecule has 104 valence electrons. The van der Waals surface area contributed by atoms with Gasteiger partial charge in [-0.15, -0.1) is 5.10 Å². The number of aromatic nitrogens is 4. The second kappa shape index (κ2) is 4.60. The number of rotatable bonds is 1. The van der Waals surface area contributed by atoms with Crippen LogP contribution in [-0.4, -0.2) is 19.6 Å². The molecule has 0 unspecified atom stereocenters. The van der Waals surface area contributed by atoms with Crippen molar-refractivity contribution in [3.8, 4) is 10.7 Å². The van der Waals surface area contributed by atoms with Crippen LogP contribution in [0.5, 0.6) is 0 Å². The predicted molar refractivity (Wildman–Crippen MR) is 81.4 cm³/mol. The number of benzene rings is 1. The predicted octanol–water partition coefficient (Wildman–Crippen LogP) is 4.28. The first kappa shape index (κ1) is 13.6. The van der Waals surface area contributed by atoms with Crippen LogP contribution in [-0.2, 0) is 5.41 Å². The second-order valence-corrected chi connectivity index (χ2v) is 7.18. The van der Waals surface area contributed by atoms with Crippen LogP contribution in [0.3, 0.4) is 0 Å². The van der Waals surface area contributed by atoms with Gasteiger partial charge in [0.05, 0.1) is 21.2 Å². The average molecular weight is 355 g/mol. The zero-order chi connectivity index (χ0) is 14.5. The topological polar surface area (TPSA) is 54.5 Å². The molecule has 0 bridgehead atoms. The zero-order valence-electron chi connectivity index (χ0n) is 11.2. The zero-order valence-corrected chi connectivity index (χ0v) is 13.6. The van der Waals surface area contributed by atoms with Gasteiger partial charge in [-0.3, -0.25) is 0 Å². The average Bonchev–Trinajstić information content (AvgIpc) is 2.94. The van der Waals surface area contributed by atoms with Crippen molar-refractivity contribution in [3.63, 3.8) is 0 Å². The lowest BCUT2D eigenvalue weighted by Crippen LogP contribution is -2.13. The third-order valence-corrected chi connectivity index (χ3v) is 4.28. The normalized spacial score (nSPS) is 12.2. The first-order chi connectivity index (χ1) is 9.36. The molecular formula is C13H12BrFN4S. The molecule has 4 nitrogen and oxygen atoms in total. The molecule has 2 heterocycles. The number of nitrogens with zero attached hydrogens (tertiary/aromatic N) is 3. The Kier molecular flexibility index (Phi) is 3.13. The highest BCUT2D eigenvalue weighted by Crippen LogP contribution is 2.34. The Bertz CT molecular complexity index is 748. The Balaban J connectivity index is 2.19. The summed E-state index contributed by atoms with van der Waals surface area (Å²) >= 11 is 4.46. The van der Waals surface area contributed by atoms with Crippen LogP contribution < -0.4 is 0 Å². The molecule has 2 aromatic heterocycles. The fraction of sp³-hybridized carbons (Fsp3) is 0.308. The van der Waals surface area contributed by atoms with E-state index in [1.54, 1.807) is 6.07 Å². The molecule has 0 spiro atoms. The van der Waals surface area contributed by atoms with Crippen molar-refractivity contribution >= 4 is 38.5 Å². The largest absolute Gasteiger partial charge is 0.337 e. The van der Waals surface area contributed by atoms with E-state index in [2.05, 4.69) is 56.3 Å². The molecule has 3 aromatic rings. The van der Waals surface area contributed by atoms with Crippen molar-refractivity contribution in [2.24, 2.45) is 0 Å². The van der Waals surface area contributed by atoms with Gasteiger partial charge in [-0.05, 0) is 33.5 Å². The Morgan fingerprint density at radius 1 is 1.30 bits per heavy atom. The van der Waals surface area contributed by atoms with E-state index < -0.39 is 0 Å². The number of nitrogens with one attached hydrogen (secondary N) is 1. The molecule has 0 aliphatic carbocycles. The van der Waals surface area contributed by atoms with Crippen molar-refractivity contribution in [3.05, 3.63) is 28.1 Å². The minimum Gasteiger partial charge on any atom is -0.337 e. The Hall–Kier alpha value is -1.34. The number of imidazole rings is 1. The molecule has 0 aliphatic heterocycles. The van der Waals surface area contributed by atoms with E-state index in [0.717, 1.165) is 10.6 Å². The molecule has 20 heavy (non-hydrogen) atoms. The number of aromatic amines is 1. The standard InChI is InChI=1S/C13H12BrFN4S/c1-13(2,3)11-10(20-19-18-11)12-16-8-4-6(14)7(15)5-9(8)17-12/h4-5H,1-3H3,(H,16,17). The van der Waals surface area contributed by atoms with E-state index in [0.29, 0.717) is 21.3 Å². The molecule has 1 aromatic carbocycles. The Labute approximate surface area is 127 Å². The first-order valence-corrected chi connectivity index (χ1v) is 7.61. The maximum absolute atomic E-state index is 13.6. The van der Waals surface area contributed by atoms with Gasteiger partial charge in [0.15, 0.2) is 5.82 Å². The van der Waals surface area contributed by atoms with Crippen molar-refractivity contribution < 1.29 is 4.39 Å². The quantitative estimate of drug-likeness (QED) is 0.709. The smallest absolute Gasteiger partial charge is 0.152 e. The van der Waals surface area contributed by atoms with Crippen molar-refractivity contribution in [2.45, 2.75) is 26.2 Å². The molecule has 1 N–H and O–H groups in total. The lowest BCUT2D eigenvalue weighted by atomic mass is 9.91. The Morgan fingerprint density at radius 3 is 2.75 bits per heavy atom. The number of fused-ring (bicyclic) bond motifs is 1. The van der Waals surface area contributed by atoms with Crippen molar-refractivity contribution in [1.29, 1.82) is 0 Å². The van der Waals surface area contributed by atoms with Crippen LogP contribution in [0.25, 0.3) is 21.7 Å². The molecular weight excluding hydrogens is 343 g/mol. The Morgan fingerprint density at radius 2 is 2.05 bits per heavy atom. The summed E-state index contributed by atoms with van der Waals surface area (Å²) in [6.45, 7) is 6.23. The maximum Gasteiger partial charge on any atom is 0.152 e. The summed E-state index contributed by atoms with van der Waals surface area (Å²) in [7, 11) is 0. The molecule has 0 atom stereocenters. The molecule has 0 aliphatic rings. The number of hydrogen-bond donors (Lipinski definition) is 1. The molecule has 3 rings (SSSR count). The molecule has 0 amide bonds. The van der Waals surface area contributed by atoms with Crippen LogP contribution in [0.2, 0.25) is 0 Å². The minimum atomic E-state index is -0.314. The van der Waals surface area contributed by atoms with E-state index >= 15 is 0 Å². The highest BCUT2D eigenvalue weighted by molar-refractivity contribution is 9.10. The van der Waals surface area contributed by atoms with Crippen LogP contribution in [0.1, 0.15) is 26.5 Å². The van der Waals surface area contributed by atoms with Gasteiger partial charge in [-0.25, -0.2) is 9.37 Å².